The Labute approximate surface area is 271 Å². The van der Waals surface area contributed by atoms with Crippen molar-refractivity contribution in [1.82, 2.24) is 19.2 Å². The Morgan fingerprint density at radius 3 is 2.30 bits per heavy atom. The number of urea groups is 1. The molecule has 8 nitrogen and oxygen atoms in total. The summed E-state index contributed by atoms with van der Waals surface area (Å²) in [6.45, 7) is 9.96. The molecule has 5 aromatic rings. The monoisotopic (exact) mass is 616 g/mol. The molecule has 0 atom stereocenters. The number of piperidine rings is 1. The largest absolute Gasteiger partial charge is 0.350 e. The van der Waals surface area contributed by atoms with Crippen LogP contribution in [0.2, 0.25) is 0 Å². The highest BCUT2D eigenvalue weighted by Crippen LogP contribution is 2.28. The number of anilines is 2. The minimum atomic E-state index is -0.318. The highest BCUT2D eigenvalue weighted by atomic mass is 16.2. The summed E-state index contributed by atoms with van der Waals surface area (Å²) < 4.78 is 3.88. The number of carbonyl (C=O) groups excluding carboxylic acids is 2. The molecule has 1 aliphatic rings. The van der Waals surface area contributed by atoms with Crippen LogP contribution < -0.4 is 10.6 Å². The highest BCUT2D eigenvalue weighted by Gasteiger charge is 2.24. The number of carbonyl (C=O) groups is 2. The molecule has 1 aliphatic heterocycles. The molecule has 0 bridgehead atoms. The molecule has 0 saturated carbocycles. The van der Waals surface area contributed by atoms with Gasteiger partial charge in [0, 0.05) is 54.4 Å². The van der Waals surface area contributed by atoms with Gasteiger partial charge in [-0.25, -0.2) is 9.48 Å². The van der Waals surface area contributed by atoms with Gasteiger partial charge in [0.1, 0.15) is 5.82 Å². The van der Waals surface area contributed by atoms with E-state index in [2.05, 4.69) is 66.4 Å². The van der Waals surface area contributed by atoms with Gasteiger partial charge in [-0.1, -0.05) is 68.8 Å². The molecule has 3 heterocycles. The molecule has 1 fully saturated rings. The van der Waals surface area contributed by atoms with E-state index in [1.54, 1.807) is 4.68 Å². The standard InChI is InChI=1S/C38H44N6O2/c1-26-10-16-31(17-11-26)44-35(24-34(41-44)38(2,3)4)40-37(46)39-30-14-12-27(13-15-30)22-28-18-20-43(21-19-28)36(45)23-29-25-42(5)33-9-7-6-8-32(29)33/h6-17,24-25,28H,18-23H2,1-5H3,(H2,39,40,46). The van der Waals surface area contributed by atoms with E-state index in [0.717, 1.165) is 71.5 Å². The van der Waals surface area contributed by atoms with E-state index in [4.69, 9.17) is 5.10 Å². The molecule has 0 unspecified atom stereocenters. The first-order valence-corrected chi connectivity index (χ1v) is 16.2. The summed E-state index contributed by atoms with van der Waals surface area (Å²) in [6, 6.07) is 26.0. The molecule has 0 aliphatic carbocycles. The molecular weight excluding hydrogens is 572 g/mol. The molecule has 0 spiro atoms. The molecule has 6 rings (SSSR count). The molecular formula is C38H44N6O2. The number of fused-ring (bicyclic) bond motifs is 1. The van der Waals surface area contributed by atoms with E-state index < -0.39 is 0 Å². The Morgan fingerprint density at radius 2 is 1.61 bits per heavy atom. The molecule has 3 aromatic carbocycles. The first-order valence-electron chi connectivity index (χ1n) is 16.2. The van der Waals surface area contributed by atoms with Crippen molar-refractivity contribution in [2.75, 3.05) is 23.7 Å². The van der Waals surface area contributed by atoms with Gasteiger partial charge in [0.25, 0.3) is 0 Å². The molecule has 0 radical (unpaired) electrons. The maximum Gasteiger partial charge on any atom is 0.324 e. The lowest BCUT2D eigenvalue weighted by Gasteiger charge is -2.32. The van der Waals surface area contributed by atoms with Gasteiger partial charge < -0.3 is 14.8 Å². The van der Waals surface area contributed by atoms with Crippen molar-refractivity contribution in [2.24, 2.45) is 13.0 Å². The van der Waals surface area contributed by atoms with E-state index in [1.165, 1.54) is 5.56 Å². The predicted molar refractivity (Wildman–Crippen MR) is 186 cm³/mol. The Kier molecular flexibility index (Phi) is 8.71. The van der Waals surface area contributed by atoms with Gasteiger partial charge in [-0.3, -0.25) is 10.1 Å². The molecule has 2 N–H and O–H groups in total. The van der Waals surface area contributed by atoms with Crippen LogP contribution in [0, 0.1) is 12.8 Å². The van der Waals surface area contributed by atoms with Gasteiger partial charge >= 0.3 is 6.03 Å². The summed E-state index contributed by atoms with van der Waals surface area (Å²) in [5, 5.41) is 11.9. The zero-order valence-electron chi connectivity index (χ0n) is 27.5. The number of nitrogens with one attached hydrogen (secondary N) is 2. The zero-order valence-corrected chi connectivity index (χ0v) is 27.5. The maximum absolute atomic E-state index is 13.1. The quantitative estimate of drug-likeness (QED) is 0.197. The first-order chi connectivity index (χ1) is 22.0. The Morgan fingerprint density at radius 1 is 0.913 bits per heavy atom. The Bertz CT molecular complexity index is 1840. The fourth-order valence-electron chi connectivity index (χ4n) is 6.28. The van der Waals surface area contributed by atoms with Crippen molar-refractivity contribution in [3.05, 3.63) is 107 Å². The maximum atomic E-state index is 13.1. The number of nitrogens with zero attached hydrogens (tertiary/aromatic N) is 4. The Hall–Kier alpha value is -4.85. The van der Waals surface area contributed by atoms with Crippen molar-refractivity contribution in [3.63, 3.8) is 0 Å². The molecule has 1 saturated heterocycles. The van der Waals surface area contributed by atoms with E-state index in [1.807, 2.05) is 73.5 Å². The predicted octanol–water partition coefficient (Wildman–Crippen LogP) is 7.64. The summed E-state index contributed by atoms with van der Waals surface area (Å²) in [5.74, 6) is 1.35. The normalized spacial score (nSPS) is 14.1. The fraction of sp³-hybridized carbons (Fsp3) is 0.342. The summed E-state index contributed by atoms with van der Waals surface area (Å²) >= 11 is 0. The molecule has 8 heteroatoms. The number of rotatable bonds is 7. The van der Waals surface area contributed by atoms with Crippen molar-refractivity contribution in [1.29, 1.82) is 0 Å². The minimum absolute atomic E-state index is 0.164. The van der Waals surface area contributed by atoms with E-state index >= 15 is 0 Å². The van der Waals surface area contributed by atoms with Crippen molar-refractivity contribution in [2.45, 2.75) is 58.8 Å². The minimum Gasteiger partial charge on any atom is -0.350 e. The first kappa shape index (κ1) is 31.1. The lowest BCUT2D eigenvalue weighted by atomic mass is 9.90. The third kappa shape index (κ3) is 7.01. The van der Waals surface area contributed by atoms with Crippen LogP contribution in [0.3, 0.4) is 0 Å². The van der Waals surface area contributed by atoms with E-state index in [-0.39, 0.29) is 17.4 Å². The number of hydrogen-bond acceptors (Lipinski definition) is 3. The van der Waals surface area contributed by atoms with Gasteiger partial charge in [0.15, 0.2) is 0 Å². The Balaban J connectivity index is 1.01. The zero-order chi connectivity index (χ0) is 32.4. The topological polar surface area (TPSA) is 84.2 Å². The van der Waals surface area contributed by atoms with Gasteiger partial charge in [-0.05, 0) is 73.6 Å². The summed E-state index contributed by atoms with van der Waals surface area (Å²) in [7, 11) is 2.03. The fourth-order valence-corrected chi connectivity index (χ4v) is 6.28. The number of likely N-dealkylation sites (tertiary alicyclic amines) is 1. The number of aromatic nitrogens is 3. The second kappa shape index (κ2) is 12.9. The lowest BCUT2D eigenvalue weighted by molar-refractivity contribution is -0.131. The number of hydrogen-bond donors (Lipinski definition) is 2. The third-order valence-electron chi connectivity index (χ3n) is 9.02. The average molecular weight is 617 g/mol. The van der Waals surface area contributed by atoms with E-state index in [9.17, 15) is 9.59 Å². The summed E-state index contributed by atoms with van der Waals surface area (Å²) in [6.07, 6.45) is 5.48. The van der Waals surface area contributed by atoms with Crippen LogP contribution in [-0.2, 0) is 30.1 Å². The van der Waals surface area contributed by atoms with Crippen LogP contribution in [0.5, 0.6) is 0 Å². The molecule has 3 amide bonds. The van der Waals surface area contributed by atoms with Crippen LogP contribution in [-0.4, -0.2) is 44.3 Å². The number of para-hydroxylation sites is 1. The van der Waals surface area contributed by atoms with Crippen LogP contribution in [0.25, 0.3) is 16.6 Å². The van der Waals surface area contributed by atoms with Gasteiger partial charge in [0.2, 0.25) is 5.91 Å². The second-order valence-corrected chi connectivity index (χ2v) is 13.7. The van der Waals surface area contributed by atoms with Crippen LogP contribution in [0.15, 0.2) is 85.1 Å². The highest BCUT2D eigenvalue weighted by molar-refractivity contribution is 5.99. The van der Waals surface area contributed by atoms with Gasteiger partial charge in [-0.15, -0.1) is 0 Å². The van der Waals surface area contributed by atoms with Crippen molar-refractivity contribution >= 4 is 34.3 Å². The van der Waals surface area contributed by atoms with Crippen molar-refractivity contribution in [3.8, 4) is 5.69 Å². The van der Waals surface area contributed by atoms with Gasteiger partial charge in [-0.2, -0.15) is 5.10 Å². The van der Waals surface area contributed by atoms with E-state index in [0.29, 0.717) is 18.2 Å². The van der Waals surface area contributed by atoms with Crippen LogP contribution >= 0.6 is 0 Å². The number of amides is 3. The molecule has 46 heavy (non-hydrogen) atoms. The smallest absolute Gasteiger partial charge is 0.324 e. The molecule has 238 valence electrons. The third-order valence-corrected chi connectivity index (χ3v) is 9.02. The lowest BCUT2D eigenvalue weighted by Crippen LogP contribution is -2.39. The van der Waals surface area contributed by atoms with Crippen molar-refractivity contribution < 1.29 is 9.59 Å². The summed E-state index contributed by atoms with van der Waals surface area (Å²) in [4.78, 5) is 28.2. The molecule has 2 aromatic heterocycles. The number of benzene rings is 3. The van der Waals surface area contributed by atoms with Crippen LogP contribution in [0.4, 0.5) is 16.3 Å². The average Bonchev–Trinajstić information content (AvgIpc) is 3.60. The second-order valence-electron chi connectivity index (χ2n) is 13.7. The van der Waals surface area contributed by atoms with Crippen LogP contribution in [0.1, 0.15) is 56.0 Å². The SMILES string of the molecule is Cc1ccc(-n2nc(C(C)(C)C)cc2NC(=O)Nc2ccc(CC3CCN(C(=O)Cc4cn(C)c5ccccc45)CC3)cc2)cc1. The summed E-state index contributed by atoms with van der Waals surface area (Å²) in [5.41, 5.74) is 7.00. The van der Waals surface area contributed by atoms with Gasteiger partial charge in [0.05, 0.1) is 17.8 Å². The number of aryl methyl sites for hydroxylation is 2.